The number of rotatable bonds is 5. The van der Waals surface area contributed by atoms with Crippen LogP contribution in [0.1, 0.15) is 32.8 Å². The molecule has 1 aromatic carbocycles. The summed E-state index contributed by atoms with van der Waals surface area (Å²) in [5.74, 6) is 0.00829. The number of hydrogen-bond acceptors (Lipinski definition) is 2. The summed E-state index contributed by atoms with van der Waals surface area (Å²) in [5.41, 5.74) is 1.16. The fourth-order valence-corrected chi connectivity index (χ4v) is 1.83. The van der Waals surface area contributed by atoms with Gasteiger partial charge in [0, 0.05) is 12.5 Å². The molecule has 19 heavy (non-hydrogen) atoms. The van der Waals surface area contributed by atoms with Crippen molar-refractivity contribution in [1.29, 1.82) is 0 Å². The first-order chi connectivity index (χ1) is 8.97. The maximum absolute atomic E-state index is 11.6. The Kier molecular flexibility index (Phi) is 6.06. The van der Waals surface area contributed by atoms with Gasteiger partial charge in [0.1, 0.15) is 0 Å². The zero-order valence-electron chi connectivity index (χ0n) is 11.8. The summed E-state index contributed by atoms with van der Waals surface area (Å²) < 4.78 is 0. The summed E-state index contributed by atoms with van der Waals surface area (Å²) in [4.78, 5) is 23.0. The molecule has 104 valence electrons. The van der Waals surface area contributed by atoms with Crippen LogP contribution in [0.15, 0.2) is 30.3 Å². The van der Waals surface area contributed by atoms with E-state index in [0.29, 0.717) is 6.42 Å². The third kappa shape index (κ3) is 6.60. The molecule has 0 saturated carbocycles. The summed E-state index contributed by atoms with van der Waals surface area (Å²) in [6.45, 7) is 5.80. The van der Waals surface area contributed by atoms with Crippen molar-refractivity contribution in [2.45, 2.75) is 39.7 Å². The van der Waals surface area contributed by atoms with E-state index >= 15 is 0 Å². The fraction of sp³-hybridized carbons (Fsp3) is 0.467. The lowest BCUT2D eigenvalue weighted by Gasteiger charge is -2.14. The molecule has 1 rings (SSSR count). The maximum Gasteiger partial charge on any atom is 0.321 e. The Balaban J connectivity index is 2.34. The van der Waals surface area contributed by atoms with Crippen LogP contribution in [0, 0.1) is 5.92 Å². The van der Waals surface area contributed by atoms with Crippen molar-refractivity contribution in [1.82, 2.24) is 10.6 Å². The van der Waals surface area contributed by atoms with Gasteiger partial charge in [-0.15, -0.1) is 0 Å². The van der Waals surface area contributed by atoms with Crippen LogP contribution in [0.5, 0.6) is 0 Å². The monoisotopic (exact) mass is 262 g/mol. The Hall–Kier alpha value is -1.84. The van der Waals surface area contributed by atoms with Crippen LogP contribution in [0.2, 0.25) is 0 Å². The molecule has 0 saturated heterocycles. The molecule has 3 amide bonds. The summed E-state index contributed by atoms with van der Waals surface area (Å²) in [6.07, 6.45) is 1.10. The van der Waals surface area contributed by atoms with E-state index < -0.39 is 6.03 Å². The molecule has 1 atom stereocenters. The number of carbonyl (C=O) groups excluding carboxylic acids is 2. The molecular formula is C15H22N2O2. The normalized spacial score (nSPS) is 12.0. The highest BCUT2D eigenvalue weighted by molar-refractivity contribution is 5.94. The van der Waals surface area contributed by atoms with Gasteiger partial charge < -0.3 is 5.32 Å². The van der Waals surface area contributed by atoms with Crippen molar-refractivity contribution < 1.29 is 9.59 Å². The minimum atomic E-state index is -0.422. The number of benzene rings is 1. The van der Waals surface area contributed by atoms with Gasteiger partial charge in [-0.2, -0.15) is 0 Å². The second kappa shape index (κ2) is 7.56. The second-order valence-corrected chi connectivity index (χ2v) is 5.21. The summed E-state index contributed by atoms with van der Waals surface area (Å²) in [5, 5.41) is 5.10. The molecule has 2 N–H and O–H groups in total. The lowest BCUT2D eigenvalue weighted by molar-refractivity contribution is -0.120. The van der Waals surface area contributed by atoms with Crippen molar-refractivity contribution in [2.24, 2.45) is 5.92 Å². The van der Waals surface area contributed by atoms with Crippen LogP contribution in [-0.2, 0) is 11.2 Å². The Morgan fingerprint density at radius 1 is 1.11 bits per heavy atom. The quantitative estimate of drug-likeness (QED) is 0.856. The van der Waals surface area contributed by atoms with E-state index in [1.165, 1.54) is 0 Å². The molecule has 0 spiro atoms. The van der Waals surface area contributed by atoms with E-state index in [2.05, 4.69) is 10.6 Å². The predicted molar refractivity (Wildman–Crippen MR) is 75.7 cm³/mol. The summed E-state index contributed by atoms with van der Waals surface area (Å²) >= 11 is 0. The average Bonchev–Trinajstić information content (AvgIpc) is 2.28. The van der Waals surface area contributed by atoms with Crippen molar-refractivity contribution in [3.63, 3.8) is 0 Å². The summed E-state index contributed by atoms with van der Waals surface area (Å²) in [7, 11) is 0. The van der Waals surface area contributed by atoms with Crippen LogP contribution in [-0.4, -0.2) is 18.0 Å². The van der Waals surface area contributed by atoms with Gasteiger partial charge in [0.25, 0.3) is 0 Å². The van der Waals surface area contributed by atoms with Gasteiger partial charge in [-0.05, 0) is 24.8 Å². The number of hydrogen-bond donors (Lipinski definition) is 2. The molecule has 4 heteroatoms. The minimum absolute atomic E-state index is 0.0192. The Morgan fingerprint density at radius 2 is 1.74 bits per heavy atom. The molecule has 1 aromatic rings. The van der Waals surface area contributed by atoms with Crippen LogP contribution >= 0.6 is 0 Å². The first-order valence-corrected chi connectivity index (χ1v) is 6.61. The van der Waals surface area contributed by atoms with Gasteiger partial charge in [0.2, 0.25) is 5.91 Å². The Morgan fingerprint density at radius 3 is 2.32 bits per heavy atom. The fourth-order valence-electron chi connectivity index (χ4n) is 1.83. The van der Waals surface area contributed by atoms with Crippen LogP contribution < -0.4 is 10.6 Å². The number of imide groups is 1. The number of carbonyl (C=O) groups is 2. The minimum Gasteiger partial charge on any atom is -0.335 e. The zero-order chi connectivity index (χ0) is 14.3. The molecular weight excluding hydrogens is 240 g/mol. The summed E-state index contributed by atoms with van der Waals surface area (Å²) in [6, 6.07) is 9.48. The molecule has 0 fully saturated rings. The predicted octanol–water partition coefficient (Wildman–Crippen LogP) is 2.49. The third-order valence-electron chi connectivity index (χ3n) is 2.61. The van der Waals surface area contributed by atoms with Gasteiger partial charge in [-0.1, -0.05) is 44.2 Å². The molecule has 0 heterocycles. The standard InChI is InChI=1S/C15H22N2O2/c1-11(2)9-14(18)17-15(19)16-12(3)10-13-7-5-4-6-8-13/h4-8,11-12H,9-10H2,1-3H3,(H2,16,17,18,19)/t12-/m0/s1. The highest BCUT2D eigenvalue weighted by Crippen LogP contribution is 2.02. The van der Waals surface area contributed by atoms with Crippen molar-refractivity contribution in [3.05, 3.63) is 35.9 Å². The Bertz CT molecular complexity index is 415. The van der Waals surface area contributed by atoms with E-state index in [9.17, 15) is 9.59 Å². The molecule has 0 unspecified atom stereocenters. The second-order valence-electron chi connectivity index (χ2n) is 5.21. The molecule has 0 aromatic heterocycles. The molecule has 0 aliphatic heterocycles. The van der Waals surface area contributed by atoms with Gasteiger partial charge in [-0.25, -0.2) is 4.79 Å². The molecule has 0 bridgehead atoms. The van der Waals surface area contributed by atoms with Crippen LogP contribution in [0.3, 0.4) is 0 Å². The van der Waals surface area contributed by atoms with E-state index in [-0.39, 0.29) is 17.9 Å². The van der Waals surface area contributed by atoms with Crippen molar-refractivity contribution in [3.8, 4) is 0 Å². The molecule has 0 radical (unpaired) electrons. The van der Waals surface area contributed by atoms with E-state index in [0.717, 1.165) is 12.0 Å². The van der Waals surface area contributed by atoms with Gasteiger partial charge >= 0.3 is 6.03 Å². The van der Waals surface area contributed by atoms with E-state index in [1.54, 1.807) is 0 Å². The number of nitrogens with one attached hydrogen (secondary N) is 2. The van der Waals surface area contributed by atoms with Gasteiger partial charge in [0.05, 0.1) is 0 Å². The first-order valence-electron chi connectivity index (χ1n) is 6.61. The first kappa shape index (κ1) is 15.2. The van der Waals surface area contributed by atoms with Crippen LogP contribution in [0.4, 0.5) is 4.79 Å². The Labute approximate surface area is 114 Å². The molecule has 4 nitrogen and oxygen atoms in total. The van der Waals surface area contributed by atoms with Gasteiger partial charge in [-0.3, -0.25) is 10.1 Å². The molecule has 0 aliphatic carbocycles. The SMILES string of the molecule is CC(C)CC(=O)NC(=O)N[C@@H](C)Cc1ccccc1. The maximum atomic E-state index is 11.6. The lowest BCUT2D eigenvalue weighted by atomic mass is 10.1. The van der Waals surface area contributed by atoms with E-state index in [1.807, 2.05) is 51.1 Å². The highest BCUT2D eigenvalue weighted by atomic mass is 16.2. The van der Waals surface area contributed by atoms with Gasteiger partial charge in [0.15, 0.2) is 0 Å². The van der Waals surface area contributed by atoms with E-state index in [4.69, 9.17) is 0 Å². The number of urea groups is 1. The lowest BCUT2D eigenvalue weighted by Crippen LogP contribution is -2.44. The largest absolute Gasteiger partial charge is 0.335 e. The topological polar surface area (TPSA) is 58.2 Å². The molecule has 0 aliphatic rings. The third-order valence-corrected chi connectivity index (χ3v) is 2.61. The van der Waals surface area contributed by atoms with Crippen LogP contribution in [0.25, 0.3) is 0 Å². The highest BCUT2D eigenvalue weighted by Gasteiger charge is 2.12. The number of amides is 3. The van der Waals surface area contributed by atoms with Crippen molar-refractivity contribution >= 4 is 11.9 Å². The average molecular weight is 262 g/mol. The zero-order valence-corrected chi connectivity index (χ0v) is 11.8. The smallest absolute Gasteiger partial charge is 0.321 e. The van der Waals surface area contributed by atoms with Crippen molar-refractivity contribution in [2.75, 3.05) is 0 Å².